The summed E-state index contributed by atoms with van der Waals surface area (Å²) in [5.41, 5.74) is -0.165. The maximum absolute atomic E-state index is 12.6. The van der Waals surface area contributed by atoms with Crippen molar-refractivity contribution in [1.82, 2.24) is 0 Å². The lowest BCUT2D eigenvalue weighted by molar-refractivity contribution is -0.158. The van der Waals surface area contributed by atoms with Gasteiger partial charge in [-0.05, 0) is 56.8 Å². The highest BCUT2D eigenvalue weighted by Crippen LogP contribution is 2.58. The molecule has 22 heavy (non-hydrogen) atoms. The van der Waals surface area contributed by atoms with Crippen LogP contribution in [-0.2, 0) is 19.0 Å². The first-order valence-electron chi connectivity index (χ1n) is 8.55. The van der Waals surface area contributed by atoms with Gasteiger partial charge in [0.25, 0.3) is 0 Å². The van der Waals surface area contributed by atoms with Crippen molar-refractivity contribution < 1.29 is 19.0 Å². The summed E-state index contributed by atoms with van der Waals surface area (Å²) < 4.78 is 16.4. The number of carbonyl (C=O) groups is 1. The van der Waals surface area contributed by atoms with Gasteiger partial charge >= 0.3 is 5.97 Å². The summed E-state index contributed by atoms with van der Waals surface area (Å²) in [6, 6.07) is 0. The summed E-state index contributed by atoms with van der Waals surface area (Å²) in [4.78, 5) is 12.6. The Bertz CT molecular complexity index is 387. The normalized spacial score (nSPS) is 37.5. The Morgan fingerprint density at radius 1 is 1.09 bits per heavy atom. The van der Waals surface area contributed by atoms with E-state index in [-0.39, 0.29) is 17.5 Å². The Labute approximate surface area is 134 Å². The van der Waals surface area contributed by atoms with Crippen LogP contribution < -0.4 is 0 Å². The van der Waals surface area contributed by atoms with E-state index in [0.717, 1.165) is 6.42 Å². The summed E-state index contributed by atoms with van der Waals surface area (Å²) in [6.07, 6.45) is 1.14. The molecule has 0 aromatic rings. The predicted octanol–water partition coefficient (Wildman–Crippen LogP) is 3.15. The van der Waals surface area contributed by atoms with Gasteiger partial charge in [-0.15, -0.1) is 0 Å². The van der Waals surface area contributed by atoms with Gasteiger partial charge in [0.1, 0.15) is 6.61 Å². The summed E-state index contributed by atoms with van der Waals surface area (Å²) in [5.74, 6) is 2.54. The molecule has 6 atom stereocenters. The molecule has 0 amide bonds. The third kappa shape index (κ3) is 3.65. The average molecular weight is 312 g/mol. The molecule has 0 spiro atoms. The fraction of sp³-hybridized carbons (Fsp3) is 0.944. The van der Waals surface area contributed by atoms with Crippen molar-refractivity contribution in [3.05, 3.63) is 0 Å². The predicted molar refractivity (Wildman–Crippen MR) is 85.4 cm³/mol. The van der Waals surface area contributed by atoms with Crippen molar-refractivity contribution in [1.29, 1.82) is 0 Å². The zero-order chi connectivity index (χ0) is 16.5. The summed E-state index contributed by atoms with van der Waals surface area (Å²) in [6.45, 7) is 12.3. The quantitative estimate of drug-likeness (QED) is 0.558. The highest BCUT2D eigenvalue weighted by Gasteiger charge is 2.57. The first kappa shape index (κ1) is 17.7. The third-order valence-corrected chi connectivity index (χ3v) is 5.71. The molecule has 2 fully saturated rings. The number of carbonyl (C=O) groups excluding carboxylic acids is 1. The first-order valence-corrected chi connectivity index (χ1v) is 8.55. The molecule has 128 valence electrons. The van der Waals surface area contributed by atoms with E-state index in [1.807, 2.05) is 0 Å². The summed E-state index contributed by atoms with van der Waals surface area (Å²) >= 11 is 0. The van der Waals surface area contributed by atoms with E-state index >= 15 is 0 Å². The molecule has 2 saturated carbocycles. The van der Waals surface area contributed by atoms with Crippen molar-refractivity contribution in [2.75, 3.05) is 26.9 Å². The molecule has 0 aromatic carbocycles. The van der Waals surface area contributed by atoms with Gasteiger partial charge in [-0.25, -0.2) is 0 Å². The number of hydrogen-bond donors (Lipinski definition) is 0. The molecule has 0 aliphatic heterocycles. The Kier molecular flexibility index (Phi) is 5.54. The second kappa shape index (κ2) is 6.88. The van der Waals surface area contributed by atoms with E-state index in [4.69, 9.17) is 14.2 Å². The van der Waals surface area contributed by atoms with Gasteiger partial charge in [-0.3, -0.25) is 4.79 Å². The number of methoxy groups -OCH3 is 1. The van der Waals surface area contributed by atoms with E-state index in [0.29, 0.717) is 49.4 Å². The van der Waals surface area contributed by atoms with Crippen LogP contribution in [0.1, 0.15) is 41.0 Å². The smallest absolute Gasteiger partial charge is 0.309 e. The van der Waals surface area contributed by atoms with Crippen LogP contribution in [0.15, 0.2) is 0 Å². The Morgan fingerprint density at radius 2 is 1.73 bits per heavy atom. The molecule has 4 heteroatoms. The van der Waals surface area contributed by atoms with Crippen LogP contribution in [0.5, 0.6) is 0 Å². The molecule has 6 unspecified atom stereocenters. The second-order valence-corrected chi connectivity index (χ2v) is 8.05. The van der Waals surface area contributed by atoms with Crippen LogP contribution in [0.25, 0.3) is 0 Å². The number of fused-ring (bicyclic) bond motifs is 2. The highest BCUT2D eigenvalue weighted by molar-refractivity contribution is 5.74. The summed E-state index contributed by atoms with van der Waals surface area (Å²) in [7, 11) is 1.62. The van der Waals surface area contributed by atoms with Crippen molar-refractivity contribution >= 4 is 5.97 Å². The first-order chi connectivity index (χ1) is 10.3. The number of rotatable bonds is 6. The van der Waals surface area contributed by atoms with Crippen molar-refractivity contribution in [3.8, 4) is 0 Å². The lowest BCUT2D eigenvalue weighted by Crippen LogP contribution is -2.41. The van der Waals surface area contributed by atoms with Gasteiger partial charge in [-0.2, -0.15) is 0 Å². The number of esters is 1. The minimum atomic E-state index is -0.165. The van der Waals surface area contributed by atoms with Gasteiger partial charge in [0.2, 0.25) is 0 Å². The molecule has 0 radical (unpaired) electrons. The standard InChI is InChI=1S/C18H32O4/c1-11-12(2)14-9-13(11)15(10-22-18(3,4)5)16(14)17(19)21-8-7-20-6/h11-16H,7-10H2,1-6H3. The second-order valence-electron chi connectivity index (χ2n) is 8.05. The van der Waals surface area contributed by atoms with E-state index in [1.165, 1.54) is 0 Å². The van der Waals surface area contributed by atoms with Gasteiger partial charge in [0, 0.05) is 7.11 Å². The Morgan fingerprint density at radius 3 is 2.32 bits per heavy atom. The zero-order valence-electron chi connectivity index (χ0n) is 14.9. The molecule has 0 saturated heterocycles. The van der Waals surface area contributed by atoms with Crippen LogP contribution in [0.2, 0.25) is 0 Å². The highest BCUT2D eigenvalue weighted by atomic mass is 16.6. The number of ether oxygens (including phenoxy) is 3. The van der Waals surface area contributed by atoms with Crippen LogP contribution in [-0.4, -0.2) is 38.5 Å². The molecule has 2 aliphatic carbocycles. The molecule has 4 nitrogen and oxygen atoms in total. The molecule has 0 aromatic heterocycles. The Balaban J connectivity index is 2.05. The molecule has 2 bridgehead atoms. The summed E-state index contributed by atoms with van der Waals surface area (Å²) in [5, 5.41) is 0. The van der Waals surface area contributed by atoms with Crippen LogP contribution in [0.4, 0.5) is 0 Å². The minimum Gasteiger partial charge on any atom is -0.463 e. The molecule has 0 N–H and O–H groups in total. The molecule has 0 heterocycles. The van der Waals surface area contributed by atoms with E-state index in [1.54, 1.807) is 7.11 Å². The SMILES string of the molecule is COCCOC(=O)C1C2CC(C(C)C2C)C1COC(C)(C)C. The maximum atomic E-state index is 12.6. The largest absolute Gasteiger partial charge is 0.463 e. The van der Waals surface area contributed by atoms with Crippen LogP contribution in [0.3, 0.4) is 0 Å². The minimum absolute atomic E-state index is 0.00425. The van der Waals surface area contributed by atoms with Gasteiger partial charge in [-0.1, -0.05) is 13.8 Å². The van der Waals surface area contributed by atoms with Crippen LogP contribution in [0, 0.1) is 35.5 Å². The zero-order valence-corrected chi connectivity index (χ0v) is 14.9. The van der Waals surface area contributed by atoms with Gasteiger partial charge < -0.3 is 14.2 Å². The van der Waals surface area contributed by atoms with E-state index in [9.17, 15) is 4.79 Å². The molecule has 2 rings (SSSR count). The van der Waals surface area contributed by atoms with Crippen molar-refractivity contribution in [2.24, 2.45) is 35.5 Å². The topological polar surface area (TPSA) is 44.8 Å². The van der Waals surface area contributed by atoms with E-state index < -0.39 is 0 Å². The van der Waals surface area contributed by atoms with E-state index in [2.05, 4.69) is 34.6 Å². The average Bonchev–Trinajstić information content (AvgIpc) is 2.93. The monoisotopic (exact) mass is 312 g/mol. The van der Waals surface area contributed by atoms with Crippen LogP contribution >= 0.6 is 0 Å². The Hall–Kier alpha value is -0.610. The van der Waals surface area contributed by atoms with Crippen molar-refractivity contribution in [2.45, 2.75) is 46.6 Å². The number of hydrogen-bond acceptors (Lipinski definition) is 4. The van der Waals surface area contributed by atoms with Crippen molar-refractivity contribution in [3.63, 3.8) is 0 Å². The van der Waals surface area contributed by atoms with Gasteiger partial charge in [0.15, 0.2) is 0 Å². The fourth-order valence-electron chi connectivity index (χ4n) is 4.39. The fourth-order valence-corrected chi connectivity index (χ4v) is 4.39. The maximum Gasteiger partial charge on any atom is 0.309 e. The lowest BCUT2D eigenvalue weighted by Gasteiger charge is -2.38. The molecular weight excluding hydrogens is 280 g/mol. The van der Waals surface area contributed by atoms with Gasteiger partial charge in [0.05, 0.1) is 24.7 Å². The molecular formula is C18H32O4. The molecule has 2 aliphatic rings. The third-order valence-electron chi connectivity index (χ3n) is 5.71. The lowest BCUT2D eigenvalue weighted by atomic mass is 9.69.